The summed E-state index contributed by atoms with van der Waals surface area (Å²) in [5, 5.41) is 0. The molecule has 0 spiro atoms. The summed E-state index contributed by atoms with van der Waals surface area (Å²) in [4.78, 5) is 0. The second kappa shape index (κ2) is 5.81. The van der Waals surface area contributed by atoms with E-state index < -0.39 is 0 Å². The van der Waals surface area contributed by atoms with E-state index in [0.717, 1.165) is 0 Å². The zero-order valence-electron chi connectivity index (χ0n) is 19.1. The Morgan fingerprint density at radius 1 is 0.700 bits per heavy atom. The van der Waals surface area contributed by atoms with Crippen LogP contribution in [0.4, 0.5) is 0 Å². The lowest BCUT2D eigenvalue weighted by molar-refractivity contribution is 0.00578. The maximum absolute atomic E-state index is 6.42. The van der Waals surface area contributed by atoms with Gasteiger partial charge in [0.05, 0.1) is 11.2 Å². The molecule has 0 amide bonds. The SMILES string of the molecule is Cc1ccc2c(c1)[C@]13CCC[C@]1(CCC3)c1cc(B3OC(C)(C)C(C)(C)O3)ccc1-2. The number of aryl methyl sites for hydroxylation is 1. The van der Waals surface area contributed by atoms with Gasteiger partial charge in [-0.05, 0) is 88.0 Å². The summed E-state index contributed by atoms with van der Waals surface area (Å²) in [6.07, 6.45) is 7.99. The predicted octanol–water partition coefficient (Wildman–Crippen LogP) is 5.82. The molecule has 0 bridgehead atoms. The average molecular weight is 400 g/mol. The van der Waals surface area contributed by atoms with Crippen LogP contribution in [-0.2, 0) is 20.1 Å². The lowest BCUT2D eigenvalue weighted by Crippen LogP contribution is -2.45. The fourth-order valence-electron chi connectivity index (χ4n) is 7.25. The molecule has 0 radical (unpaired) electrons. The van der Waals surface area contributed by atoms with Crippen LogP contribution < -0.4 is 5.46 Å². The second-order valence-electron chi connectivity index (χ2n) is 11.3. The van der Waals surface area contributed by atoms with Crippen LogP contribution in [0.2, 0.25) is 0 Å². The molecule has 3 fully saturated rings. The smallest absolute Gasteiger partial charge is 0.399 e. The van der Waals surface area contributed by atoms with Gasteiger partial charge in [0.15, 0.2) is 0 Å². The standard InChI is InChI=1S/C27H33BO2/c1-18-8-10-20-21-11-9-19(28-29-24(2,3)25(4,5)30-28)17-23(21)27-14-6-12-26(27,13-7-15-27)22(20)16-18/h8-11,16-17H,6-7,12-15H2,1-5H3/t26-,27+. The molecule has 1 heterocycles. The highest BCUT2D eigenvalue weighted by Crippen LogP contribution is 2.69. The van der Waals surface area contributed by atoms with Gasteiger partial charge in [-0.1, -0.05) is 54.8 Å². The molecule has 2 aromatic carbocycles. The monoisotopic (exact) mass is 400 g/mol. The van der Waals surface area contributed by atoms with Gasteiger partial charge in [0.2, 0.25) is 0 Å². The third-order valence-corrected chi connectivity index (χ3v) is 9.40. The maximum atomic E-state index is 6.42. The van der Waals surface area contributed by atoms with Crippen LogP contribution in [0, 0.1) is 6.92 Å². The number of benzene rings is 2. The Labute approximate surface area is 181 Å². The molecule has 2 nitrogen and oxygen atoms in total. The van der Waals surface area contributed by atoms with E-state index in [1.54, 1.807) is 11.1 Å². The van der Waals surface area contributed by atoms with Gasteiger partial charge < -0.3 is 9.31 Å². The molecular formula is C27H33BO2. The van der Waals surface area contributed by atoms with E-state index in [4.69, 9.17) is 9.31 Å². The molecule has 156 valence electrons. The molecular weight excluding hydrogens is 367 g/mol. The number of hydrogen-bond donors (Lipinski definition) is 0. The Morgan fingerprint density at radius 2 is 1.20 bits per heavy atom. The van der Waals surface area contributed by atoms with Crippen LogP contribution in [-0.4, -0.2) is 18.3 Å². The molecule has 30 heavy (non-hydrogen) atoms. The summed E-state index contributed by atoms with van der Waals surface area (Å²) in [6, 6.07) is 14.3. The fraction of sp³-hybridized carbons (Fsp3) is 0.556. The first kappa shape index (κ1) is 19.1. The van der Waals surface area contributed by atoms with Crippen molar-refractivity contribution in [2.45, 2.75) is 95.2 Å². The van der Waals surface area contributed by atoms with E-state index in [2.05, 4.69) is 71.0 Å². The van der Waals surface area contributed by atoms with Crippen LogP contribution in [0.3, 0.4) is 0 Å². The lowest BCUT2D eigenvalue weighted by atomic mass is 9.54. The maximum Gasteiger partial charge on any atom is 0.494 e. The zero-order valence-corrected chi connectivity index (χ0v) is 19.1. The van der Waals surface area contributed by atoms with Gasteiger partial charge in [-0.2, -0.15) is 0 Å². The van der Waals surface area contributed by atoms with Gasteiger partial charge in [-0.3, -0.25) is 0 Å². The summed E-state index contributed by atoms with van der Waals surface area (Å²) < 4.78 is 12.8. The van der Waals surface area contributed by atoms with Crippen LogP contribution in [0.5, 0.6) is 0 Å². The molecule has 2 aromatic rings. The quantitative estimate of drug-likeness (QED) is 0.562. The highest BCUT2D eigenvalue weighted by molar-refractivity contribution is 6.62. The summed E-state index contributed by atoms with van der Waals surface area (Å²) in [7, 11) is -0.284. The first-order valence-electron chi connectivity index (χ1n) is 11.8. The zero-order chi connectivity index (χ0) is 20.9. The predicted molar refractivity (Wildman–Crippen MR) is 123 cm³/mol. The molecule has 1 aliphatic heterocycles. The van der Waals surface area contributed by atoms with Crippen molar-refractivity contribution < 1.29 is 9.31 Å². The van der Waals surface area contributed by atoms with Crippen molar-refractivity contribution in [2.75, 3.05) is 0 Å². The second-order valence-corrected chi connectivity index (χ2v) is 11.3. The Morgan fingerprint density at radius 3 is 1.77 bits per heavy atom. The van der Waals surface area contributed by atoms with E-state index in [-0.39, 0.29) is 18.3 Å². The average Bonchev–Trinajstić information content (AvgIpc) is 3.30. The topological polar surface area (TPSA) is 18.5 Å². The minimum Gasteiger partial charge on any atom is -0.399 e. The lowest BCUT2D eigenvalue weighted by Gasteiger charge is -2.48. The van der Waals surface area contributed by atoms with Gasteiger partial charge in [-0.25, -0.2) is 0 Å². The van der Waals surface area contributed by atoms with E-state index in [1.165, 1.54) is 60.7 Å². The van der Waals surface area contributed by atoms with E-state index in [1.807, 2.05) is 0 Å². The minimum atomic E-state index is -0.305. The molecule has 0 atom stereocenters. The largest absolute Gasteiger partial charge is 0.494 e. The Hall–Kier alpha value is -1.58. The van der Waals surface area contributed by atoms with Gasteiger partial charge in [0.1, 0.15) is 0 Å². The van der Waals surface area contributed by atoms with Crippen molar-refractivity contribution in [2.24, 2.45) is 0 Å². The van der Waals surface area contributed by atoms with Gasteiger partial charge >= 0.3 is 7.12 Å². The van der Waals surface area contributed by atoms with Crippen molar-refractivity contribution in [3.8, 4) is 11.1 Å². The minimum absolute atomic E-state index is 0.284. The Kier molecular flexibility index (Phi) is 3.70. The van der Waals surface area contributed by atoms with E-state index in [0.29, 0.717) is 10.8 Å². The Bertz CT molecular complexity index is 1020. The molecule has 3 aliphatic carbocycles. The normalized spacial score (nSPS) is 32.5. The third-order valence-electron chi connectivity index (χ3n) is 9.40. The molecule has 0 N–H and O–H groups in total. The highest BCUT2D eigenvalue weighted by Gasteiger charge is 2.62. The molecule has 2 saturated carbocycles. The molecule has 4 aliphatic rings. The van der Waals surface area contributed by atoms with Crippen molar-refractivity contribution in [3.05, 3.63) is 53.1 Å². The van der Waals surface area contributed by atoms with Crippen molar-refractivity contribution in [3.63, 3.8) is 0 Å². The summed E-state index contributed by atoms with van der Waals surface area (Å²) in [5.41, 5.74) is 8.72. The molecule has 3 heteroatoms. The first-order valence-corrected chi connectivity index (χ1v) is 11.8. The first-order chi connectivity index (χ1) is 14.2. The molecule has 6 rings (SSSR count). The van der Waals surface area contributed by atoms with Crippen molar-refractivity contribution in [1.29, 1.82) is 0 Å². The number of hydrogen-bond acceptors (Lipinski definition) is 2. The van der Waals surface area contributed by atoms with Gasteiger partial charge in [0.25, 0.3) is 0 Å². The number of fused-ring (bicyclic) bond motifs is 3. The van der Waals surface area contributed by atoms with E-state index in [9.17, 15) is 0 Å². The van der Waals surface area contributed by atoms with Gasteiger partial charge in [0, 0.05) is 10.8 Å². The van der Waals surface area contributed by atoms with Crippen molar-refractivity contribution in [1.82, 2.24) is 0 Å². The highest BCUT2D eigenvalue weighted by atomic mass is 16.7. The fourth-order valence-corrected chi connectivity index (χ4v) is 7.25. The van der Waals surface area contributed by atoms with Gasteiger partial charge in [-0.15, -0.1) is 0 Å². The molecule has 1 saturated heterocycles. The number of rotatable bonds is 1. The summed E-state index contributed by atoms with van der Waals surface area (Å²) in [6.45, 7) is 10.8. The Balaban J connectivity index is 1.55. The summed E-state index contributed by atoms with van der Waals surface area (Å²) in [5.74, 6) is 0. The van der Waals surface area contributed by atoms with Crippen LogP contribution in [0.25, 0.3) is 11.1 Å². The molecule has 0 aromatic heterocycles. The van der Waals surface area contributed by atoms with Crippen LogP contribution >= 0.6 is 0 Å². The van der Waals surface area contributed by atoms with Crippen molar-refractivity contribution >= 4 is 12.6 Å². The van der Waals surface area contributed by atoms with E-state index >= 15 is 0 Å². The third kappa shape index (κ3) is 2.18. The molecule has 0 unspecified atom stereocenters. The van der Waals surface area contributed by atoms with Crippen LogP contribution in [0.15, 0.2) is 36.4 Å². The summed E-state index contributed by atoms with van der Waals surface area (Å²) >= 11 is 0. The van der Waals surface area contributed by atoms with Crippen LogP contribution in [0.1, 0.15) is 82.9 Å².